The van der Waals surface area contributed by atoms with Gasteiger partial charge in [-0.05, 0) is 19.3 Å². The normalized spacial score (nSPS) is 15.8. The molecule has 1 fully saturated rings. The predicted molar refractivity (Wildman–Crippen MR) is 81.8 cm³/mol. The van der Waals surface area contributed by atoms with Crippen LogP contribution in [0.1, 0.15) is 84.0 Å². The second-order valence-electron chi connectivity index (χ2n) is 5.82. The van der Waals surface area contributed by atoms with Crippen molar-refractivity contribution in [1.82, 2.24) is 4.72 Å². The molecule has 0 bridgehead atoms. The highest BCUT2D eigenvalue weighted by atomic mass is 32.2. The summed E-state index contributed by atoms with van der Waals surface area (Å²) >= 11 is 0. The van der Waals surface area contributed by atoms with E-state index in [9.17, 15) is 8.42 Å². The smallest absolute Gasteiger partial charge is 0.214 e. The molecule has 19 heavy (non-hydrogen) atoms. The molecule has 0 aromatic heterocycles. The Morgan fingerprint density at radius 3 is 1.79 bits per heavy atom. The van der Waals surface area contributed by atoms with Crippen molar-refractivity contribution < 1.29 is 8.42 Å². The first-order chi connectivity index (χ1) is 9.17. The summed E-state index contributed by atoms with van der Waals surface area (Å²) in [4.78, 5) is 0. The van der Waals surface area contributed by atoms with Gasteiger partial charge in [-0.2, -0.15) is 0 Å². The van der Waals surface area contributed by atoms with Crippen LogP contribution in [-0.4, -0.2) is 20.2 Å². The van der Waals surface area contributed by atoms with E-state index in [0.717, 1.165) is 25.7 Å². The van der Waals surface area contributed by atoms with Crippen LogP contribution in [0.15, 0.2) is 0 Å². The Balaban J connectivity index is 1.79. The van der Waals surface area contributed by atoms with Gasteiger partial charge in [0.15, 0.2) is 0 Å². The molecular weight excluding hydrogens is 258 g/mol. The molecule has 0 atom stereocenters. The highest BCUT2D eigenvalue weighted by Crippen LogP contribution is 2.27. The lowest BCUT2D eigenvalue weighted by Crippen LogP contribution is -2.28. The van der Waals surface area contributed by atoms with Gasteiger partial charge in [0.1, 0.15) is 0 Å². The van der Waals surface area contributed by atoms with Crippen LogP contribution < -0.4 is 4.72 Å². The van der Waals surface area contributed by atoms with Crippen LogP contribution in [0.3, 0.4) is 0 Å². The van der Waals surface area contributed by atoms with Gasteiger partial charge in [-0.25, -0.2) is 13.1 Å². The van der Waals surface area contributed by atoms with Gasteiger partial charge in [0.25, 0.3) is 0 Å². The fourth-order valence-electron chi connectivity index (χ4n) is 2.32. The van der Waals surface area contributed by atoms with Gasteiger partial charge in [0.2, 0.25) is 10.0 Å². The zero-order valence-electron chi connectivity index (χ0n) is 12.5. The van der Waals surface area contributed by atoms with Crippen LogP contribution in [0.25, 0.3) is 0 Å². The molecule has 0 unspecified atom stereocenters. The van der Waals surface area contributed by atoms with E-state index in [1.165, 1.54) is 51.4 Å². The molecule has 0 amide bonds. The number of sulfonamides is 1. The molecule has 1 saturated carbocycles. The number of unbranched alkanes of at least 4 members (excludes halogenated alkanes) is 9. The van der Waals surface area contributed by atoms with E-state index in [2.05, 4.69) is 11.6 Å². The molecule has 1 aliphatic rings. The maximum atomic E-state index is 11.5. The third-order valence-corrected chi connectivity index (χ3v) is 5.75. The quantitative estimate of drug-likeness (QED) is 0.521. The Hall–Kier alpha value is -0.0900. The number of rotatable bonds is 13. The molecule has 0 aromatic rings. The summed E-state index contributed by atoms with van der Waals surface area (Å²) in [7, 11) is -2.95. The molecule has 0 saturated heterocycles. The second-order valence-corrected chi connectivity index (χ2v) is 7.87. The van der Waals surface area contributed by atoms with E-state index in [0.29, 0.717) is 6.54 Å². The Morgan fingerprint density at radius 2 is 1.32 bits per heavy atom. The summed E-state index contributed by atoms with van der Waals surface area (Å²) in [6, 6.07) is 0. The molecule has 0 aromatic carbocycles. The van der Waals surface area contributed by atoms with Crippen molar-refractivity contribution in [2.24, 2.45) is 0 Å². The fourth-order valence-corrected chi connectivity index (χ4v) is 3.74. The van der Waals surface area contributed by atoms with E-state index < -0.39 is 10.0 Å². The molecule has 0 aliphatic heterocycles. The lowest BCUT2D eigenvalue weighted by molar-refractivity contribution is 0.548. The van der Waals surface area contributed by atoms with Crippen molar-refractivity contribution in [2.45, 2.75) is 89.2 Å². The van der Waals surface area contributed by atoms with Crippen LogP contribution in [0.2, 0.25) is 0 Å². The van der Waals surface area contributed by atoms with Crippen LogP contribution >= 0.6 is 0 Å². The van der Waals surface area contributed by atoms with E-state index in [4.69, 9.17) is 0 Å². The minimum atomic E-state index is -2.95. The highest BCUT2D eigenvalue weighted by molar-refractivity contribution is 7.90. The van der Waals surface area contributed by atoms with Gasteiger partial charge in [0, 0.05) is 6.54 Å². The maximum Gasteiger partial charge on any atom is 0.214 e. The molecule has 0 radical (unpaired) electrons. The lowest BCUT2D eigenvalue weighted by Gasteiger charge is -2.05. The molecule has 1 aliphatic carbocycles. The Bertz CT molecular complexity index is 310. The zero-order chi connectivity index (χ0) is 14.0. The Kier molecular flexibility index (Phi) is 8.71. The molecule has 0 heterocycles. The Labute approximate surface area is 119 Å². The topological polar surface area (TPSA) is 46.2 Å². The number of hydrogen-bond acceptors (Lipinski definition) is 2. The van der Waals surface area contributed by atoms with E-state index >= 15 is 0 Å². The van der Waals surface area contributed by atoms with Gasteiger partial charge in [0.05, 0.1) is 5.25 Å². The standard InChI is InChI=1S/C15H31NO2S/c1-2-3-4-5-6-7-8-9-10-11-14-16-19(17,18)15-12-13-15/h15-16H,2-14H2,1H3. The summed E-state index contributed by atoms with van der Waals surface area (Å²) in [5, 5.41) is -0.0735. The highest BCUT2D eigenvalue weighted by Gasteiger charge is 2.34. The van der Waals surface area contributed by atoms with Gasteiger partial charge in [-0.1, -0.05) is 64.7 Å². The van der Waals surface area contributed by atoms with Crippen molar-refractivity contribution >= 4 is 10.0 Å². The third-order valence-electron chi connectivity index (χ3n) is 3.80. The molecule has 3 nitrogen and oxygen atoms in total. The van der Waals surface area contributed by atoms with Crippen molar-refractivity contribution in [3.05, 3.63) is 0 Å². The summed E-state index contributed by atoms with van der Waals surface area (Å²) in [5.41, 5.74) is 0. The van der Waals surface area contributed by atoms with E-state index in [1.807, 2.05) is 0 Å². The minimum Gasteiger partial charge on any atom is -0.215 e. The first-order valence-electron chi connectivity index (χ1n) is 8.15. The summed E-state index contributed by atoms with van der Waals surface area (Å²) < 4.78 is 25.8. The van der Waals surface area contributed by atoms with E-state index in [1.54, 1.807) is 0 Å². The van der Waals surface area contributed by atoms with Gasteiger partial charge in [-0.15, -0.1) is 0 Å². The average Bonchev–Trinajstić information content (AvgIpc) is 3.20. The largest absolute Gasteiger partial charge is 0.215 e. The lowest BCUT2D eigenvalue weighted by atomic mass is 10.1. The molecule has 4 heteroatoms. The molecule has 1 rings (SSSR count). The monoisotopic (exact) mass is 289 g/mol. The van der Waals surface area contributed by atoms with Gasteiger partial charge >= 0.3 is 0 Å². The number of hydrogen-bond donors (Lipinski definition) is 1. The Morgan fingerprint density at radius 1 is 0.842 bits per heavy atom. The first-order valence-corrected chi connectivity index (χ1v) is 9.70. The van der Waals surface area contributed by atoms with Crippen LogP contribution in [0, 0.1) is 0 Å². The second kappa shape index (κ2) is 9.76. The SMILES string of the molecule is CCCCCCCCCCCCNS(=O)(=O)C1CC1. The van der Waals surface area contributed by atoms with Crippen LogP contribution in [0.5, 0.6) is 0 Å². The molecule has 1 N–H and O–H groups in total. The zero-order valence-corrected chi connectivity index (χ0v) is 13.3. The van der Waals surface area contributed by atoms with Crippen molar-refractivity contribution in [3.63, 3.8) is 0 Å². The fraction of sp³-hybridized carbons (Fsp3) is 1.00. The van der Waals surface area contributed by atoms with Gasteiger partial charge in [-0.3, -0.25) is 0 Å². The maximum absolute atomic E-state index is 11.5. The summed E-state index contributed by atoms with van der Waals surface area (Å²) in [5.74, 6) is 0. The minimum absolute atomic E-state index is 0.0735. The van der Waals surface area contributed by atoms with Crippen molar-refractivity contribution in [2.75, 3.05) is 6.54 Å². The number of nitrogens with one attached hydrogen (secondary N) is 1. The molecule has 0 spiro atoms. The summed E-state index contributed by atoms with van der Waals surface area (Å²) in [6.07, 6.45) is 14.6. The third kappa shape index (κ3) is 8.64. The van der Waals surface area contributed by atoms with Crippen LogP contribution in [0.4, 0.5) is 0 Å². The average molecular weight is 289 g/mol. The van der Waals surface area contributed by atoms with Crippen molar-refractivity contribution in [1.29, 1.82) is 0 Å². The first kappa shape index (κ1) is 17.0. The van der Waals surface area contributed by atoms with E-state index in [-0.39, 0.29) is 5.25 Å². The molecular formula is C15H31NO2S. The van der Waals surface area contributed by atoms with Gasteiger partial charge < -0.3 is 0 Å². The summed E-state index contributed by atoms with van der Waals surface area (Å²) in [6.45, 7) is 2.88. The van der Waals surface area contributed by atoms with Crippen molar-refractivity contribution in [3.8, 4) is 0 Å². The van der Waals surface area contributed by atoms with Crippen LogP contribution in [-0.2, 0) is 10.0 Å². The molecule has 114 valence electrons. The predicted octanol–water partition coefficient (Wildman–Crippen LogP) is 3.99.